The van der Waals surface area contributed by atoms with Crippen LogP contribution in [0.15, 0.2) is 72.9 Å². The molecule has 0 aliphatic heterocycles. The van der Waals surface area contributed by atoms with Gasteiger partial charge in [-0.2, -0.15) is 13.2 Å². The first-order valence-corrected chi connectivity index (χ1v) is 11.5. The van der Waals surface area contributed by atoms with Gasteiger partial charge in [-0.05, 0) is 67.1 Å². The van der Waals surface area contributed by atoms with E-state index in [2.05, 4.69) is 9.72 Å². The first kappa shape index (κ1) is 28.3. The Morgan fingerprint density at radius 1 is 0.900 bits per heavy atom. The summed E-state index contributed by atoms with van der Waals surface area (Å²) in [5.74, 6) is -0.560. The van der Waals surface area contributed by atoms with E-state index in [1.807, 2.05) is 0 Å². The van der Waals surface area contributed by atoms with Gasteiger partial charge in [0.15, 0.2) is 6.61 Å². The molecule has 0 spiro atoms. The number of hydrogen-bond acceptors (Lipinski definition) is 5. The largest absolute Gasteiger partial charge is 0.573 e. The van der Waals surface area contributed by atoms with Crippen LogP contribution in [-0.2, 0) is 17.6 Å². The summed E-state index contributed by atoms with van der Waals surface area (Å²) in [6, 6.07) is 13.9. The lowest BCUT2D eigenvalue weighted by molar-refractivity contribution is -0.274. The van der Waals surface area contributed by atoms with E-state index in [4.69, 9.17) is 14.6 Å². The number of benzene rings is 3. The molecule has 0 saturated carbocycles. The van der Waals surface area contributed by atoms with Crippen LogP contribution in [0.3, 0.4) is 0 Å². The van der Waals surface area contributed by atoms with Crippen LogP contribution in [0.25, 0.3) is 17.1 Å². The van der Waals surface area contributed by atoms with Crippen LogP contribution in [0.1, 0.15) is 16.8 Å². The molecule has 0 saturated heterocycles. The van der Waals surface area contributed by atoms with Crippen molar-refractivity contribution >= 4 is 5.97 Å². The number of ether oxygens (including phenoxy) is 3. The Labute approximate surface area is 223 Å². The average Bonchev–Trinajstić information content (AvgIpc) is 3.30. The molecule has 0 fully saturated rings. The van der Waals surface area contributed by atoms with E-state index in [0.29, 0.717) is 34.0 Å². The highest BCUT2D eigenvalue weighted by atomic mass is 19.4. The fraction of sp³-hybridized carbons (Fsp3) is 0.185. The maximum absolute atomic E-state index is 13.1. The second-order valence-corrected chi connectivity index (χ2v) is 8.44. The summed E-state index contributed by atoms with van der Waals surface area (Å²) in [5, 5.41) is 8.77. The molecule has 0 aliphatic carbocycles. The Morgan fingerprint density at radius 3 is 2.12 bits per heavy atom. The number of alkyl halides is 6. The van der Waals surface area contributed by atoms with E-state index >= 15 is 0 Å². The number of aryl methyl sites for hydroxylation is 1. The number of rotatable bonds is 9. The van der Waals surface area contributed by atoms with Crippen molar-refractivity contribution in [3.63, 3.8) is 0 Å². The van der Waals surface area contributed by atoms with Gasteiger partial charge >= 0.3 is 18.5 Å². The van der Waals surface area contributed by atoms with Crippen LogP contribution in [0.4, 0.5) is 26.3 Å². The van der Waals surface area contributed by atoms with Crippen molar-refractivity contribution in [2.24, 2.45) is 0 Å². The van der Waals surface area contributed by atoms with Crippen LogP contribution in [0.2, 0.25) is 0 Å². The Hall–Kier alpha value is -4.68. The second-order valence-electron chi connectivity index (χ2n) is 8.44. The molecule has 7 nitrogen and oxygen atoms in total. The van der Waals surface area contributed by atoms with Gasteiger partial charge < -0.3 is 19.3 Å². The number of carbonyl (C=O) groups is 1. The molecule has 210 valence electrons. The lowest BCUT2D eigenvalue weighted by atomic mass is 10.1. The van der Waals surface area contributed by atoms with Crippen LogP contribution in [-0.4, -0.2) is 33.6 Å². The number of carboxylic acid groups (broad SMARTS) is 1. The minimum atomic E-state index is -4.87. The predicted molar refractivity (Wildman–Crippen MR) is 129 cm³/mol. The van der Waals surface area contributed by atoms with Gasteiger partial charge in [0.1, 0.15) is 29.7 Å². The fourth-order valence-corrected chi connectivity index (χ4v) is 3.69. The summed E-state index contributed by atoms with van der Waals surface area (Å²) in [5.41, 5.74) is 0.840. The summed E-state index contributed by atoms with van der Waals surface area (Å²) in [6.45, 7) is 1.13. The van der Waals surface area contributed by atoms with Gasteiger partial charge in [-0.1, -0.05) is 12.1 Å². The lowest BCUT2D eigenvalue weighted by Gasteiger charge is -2.12. The molecule has 1 aromatic heterocycles. The van der Waals surface area contributed by atoms with E-state index in [0.717, 1.165) is 24.3 Å². The Morgan fingerprint density at radius 2 is 1.55 bits per heavy atom. The fourth-order valence-electron chi connectivity index (χ4n) is 3.69. The van der Waals surface area contributed by atoms with Crippen LogP contribution >= 0.6 is 0 Å². The van der Waals surface area contributed by atoms with E-state index in [9.17, 15) is 31.1 Å². The van der Waals surface area contributed by atoms with Crippen molar-refractivity contribution < 1.29 is 50.5 Å². The number of nitrogens with zero attached hydrogens (tertiary/aromatic N) is 2. The van der Waals surface area contributed by atoms with E-state index in [1.54, 1.807) is 31.3 Å². The summed E-state index contributed by atoms with van der Waals surface area (Å²) in [6.07, 6.45) is -7.86. The van der Waals surface area contributed by atoms with Crippen molar-refractivity contribution in [3.8, 4) is 34.3 Å². The van der Waals surface area contributed by atoms with Crippen molar-refractivity contribution in [1.29, 1.82) is 0 Å². The third-order valence-corrected chi connectivity index (χ3v) is 5.46. The summed E-state index contributed by atoms with van der Waals surface area (Å²) >= 11 is 0. The third-order valence-electron chi connectivity index (χ3n) is 5.46. The zero-order valence-corrected chi connectivity index (χ0v) is 20.6. The van der Waals surface area contributed by atoms with E-state index in [-0.39, 0.29) is 12.4 Å². The molecular weight excluding hydrogens is 546 g/mol. The Bertz CT molecular complexity index is 1480. The molecule has 4 rings (SSSR count). The lowest BCUT2D eigenvalue weighted by Crippen LogP contribution is -2.17. The van der Waals surface area contributed by atoms with Crippen LogP contribution in [0.5, 0.6) is 17.2 Å². The molecule has 0 radical (unpaired) electrons. The monoisotopic (exact) mass is 566 g/mol. The molecule has 1 N–H and O–H groups in total. The Balaban J connectivity index is 1.61. The maximum Gasteiger partial charge on any atom is 0.573 e. The minimum Gasteiger partial charge on any atom is -0.487 e. The molecule has 3 aromatic carbocycles. The highest BCUT2D eigenvalue weighted by Crippen LogP contribution is 2.32. The van der Waals surface area contributed by atoms with Crippen LogP contribution < -0.4 is 14.2 Å². The molecule has 0 amide bonds. The van der Waals surface area contributed by atoms with Gasteiger partial charge in [0.2, 0.25) is 0 Å². The van der Waals surface area contributed by atoms with Gasteiger partial charge in [0.05, 0.1) is 11.3 Å². The normalized spacial score (nSPS) is 11.8. The minimum absolute atomic E-state index is 0.0648. The number of aliphatic carboxylic acids is 1. The van der Waals surface area contributed by atoms with Gasteiger partial charge in [-0.25, -0.2) is 9.78 Å². The quantitative estimate of drug-likeness (QED) is 0.224. The maximum atomic E-state index is 13.1. The van der Waals surface area contributed by atoms with E-state index < -0.39 is 36.4 Å². The predicted octanol–water partition coefficient (Wildman–Crippen LogP) is 6.81. The van der Waals surface area contributed by atoms with Gasteiger partial charge in [-0.15, -0.1) is 13.2 Å². The number of carboxylic acids is 1. The number of aromatic nitrogens is 2. The first-order valence-electron chi connectivity index (χ1n) is 11.5. The van der Waals surface area contributed by atoms with E-state index in [1.165, 1.54) is 28.8 Å². The molecule has 40 heavy (non-hydrogen) atoms. The van der Waals surface area contributed by atoms with Crippen molar-refractivity contribution in [2.45, 2.75) is 26.1 Å². The zero-order valence-electron chi connectivity index (χ0n) is 20.6. The van der Waals surface area contributed by atoms with Crippen molar-refractivity contribution in [1.82, 2.24) is 9.55 Å². The number of hydrogen-bond donors (Lipinski definition) is 1. The average molecular weight is 566 g/mol. The van der Waals surface area contributed by atoms with Gasteiger partial charge in [0, 0.05) is 17.4 Å². The summed E-state index contributed by atoms with van der Waals surface area (Å²) in [7, 11) is 0. The molecule has 4 aromatic rings. The van der Waals surface area contributed by atoms with Crippen molar-refractivity contribution in [2.75, 3.05) is 6.61 Å². The first-order chi connectivity index (χ1) is 18.8. The topological polar surface area (TPSA) is 82.8 Å². The molecule has 0 bridgehead atoms. The standard InChI is InChI=1S/C27H20F6N2O5/c1-16-12-22(10-11-23(16)39-15-24(36)37)38-14-19-13-35(20-6-8-21(9-7-20)40-27(31,32)33)25(34-19)17-2-4-18(5-3-17)26(28,29)30/h2-13H,14-15H2,1H3,(H,36,37). The van der Waals surface area contributed by atoms with Gasteiger partial charge in [0.25, 0.3) is 0 Å². The zero-order chi connectivity index (χ0) is 29.1. The number of imidazole rings is 1. The molecular formula is C27H20F6N2O5. The SMILES string of the molecule is Cc1cc(OCc2cn(-c3ccc(OC(F)(F)F)cc3)c(-c3ccc(C(F)(F)F)cc3)n2)ccc1OCC(=O)O. The molecule has 1 heterocycles. The number of halogens is 6. The highest BCUT2D eigenvalue weighted by molar-refractivity contribution is 5.68. The molecule has 0 unspecified atom stereocenters. The smallest absolute Gasteiger partial charge is 0.487 e. The Kier molecular flexibility index (Phi) is 7.93. The highest BCUT2D eigenvalue weighted by Gasteiger charge is 2.31. The summed E-state index contributed by atoms with van der Waals surface area (Å²) in [4.78, 5) is 15.2. The molecule has 0 aliphatic rings. The van der Waals surface area contributed by atoms with Crippen molar-refractivity contribution in [3.05, 3.63) is 89.7 Å². The third kappa shape index (κ3) is 7.24. The molecule has 0 atom stereocenters. The second kappa shape index (κ2) is 11.2. The molecule has 13 heteroatoms. The summed E-state index contributed by atoms with van der Waals surface area (Å²) < 4.78 is 93.2. The van der Waals surface area contributed by atoms with Crippen LogP contribution in [0, 0.1) is 6.92 Å². The van der Waals surface area contributed by atoms with Gasteiger partial charge in [-0.3, -0.25) is 4.57 Å².